The Morgan fingerprint density at radius 1 is 0.862 bits per heavy atom. The van der Waals surface area contributed by atoms with E-state index in [1.54, 1.807) is 11.8 Å². The Bertz CT molecular complexity index is 971. The van der Waals surface area contributed by atoms with E-state index in [0.717, 1.165) is 40.0 Å². The fourth-order valence-corrected chi connectivity index (χ4v) is 4.70. The van der Waals surface area contributed by atoms with Crippen LogP contribution in [-0.4, -0.2) is 37.0 Å². The van der Waals surface area contributed by atoms with E-state index in [-0.39, 0.29) is 5.91 Å². The maximum absolute atomic E-state index is 13.2. The molecule has 0 aromatic heterocycles. The van der Waals surface area contributed by atoms with Crippen LogP contribution in [0.25, 0.3) is 0 Å². The van der Waals surface area contributed by atoms with Crippen LogP contribution in [0.2, 0.25) is 5.02 Å². The van der Waals surface area contributed by atoms with Gasteiger partial charge in [0.15, 0.2) is 0 Å². The summed E-state index contributed by atoms with van der Waals surface area (Å²) in [5.74, 6) is 0.972. The minimum atomic E-state index is 0.118. The summed E-state index contributed by atoms with van der Waals surface area (Å²) in [5.41, 5.74) is 3.17. The first-order valence-electron chi connectivity index (χ1n) is 9.76. The first-order chi connectivity index (χ1) is 14.2. The first kappa shape index (κ1) is 19.9. The van der Waals surface area contributed by atoms with Crippen molar-refractivity contribution in [2.24, 2.45) is 0 Å². The number of anilines is 1. The molecule has 1 aliphatic rings. The summed E-state index contributed by atoms with van der Waals surface area (Å²) in [6, 6.07) is 26.2. The van der Waals surface area contributed by atoms with E-state index in [4.69, 9.17) is 11.6 Å². The lowest BCUT2D eigenvalue weighted by Gasteiger charge is -2.36. The summed E-state index contributed by atoms with van der Waals surface area (Å²) >= 11 is 7.84. The molecule has 1 saturated heterocycles. The van der Waals surface area contributed by atoms with Gasteiger partial charge in [0.2, 0.25) is 0 Å². The summed E-state index contributed by atoms with van der Waals surface area (Å²) in [5, 5.41) is 0.741. The van der Waals surface area contributed by atoms with Crippen molar-refractivity contribution in [3.8, 4) is 0 Å². The number of thioether (sulfide) groups is 1. The Balaban J connectivity index is 1.41. The molecule has 0 N–H and O–H groups in total. The van der Waals surface area contributed by atoms with Crippen molar-refractivity contribution in [3.05, 3.63) is 95.0 Å². The second-order valence-corrected chi connectivity index (χ2v) is 8.48. The van der Waals surface area contributed by atoms with Crippen LogP contribution in [0, 0.1) is 0 Å². The fraction of sp³-hybridized carbons (Fsp3) is 0.208. The first-order valence-corrected chi connectivity index (χ1v) is 11.1. The van der Waals surface area contributed by atoms with Crippen molar-refractivity contribution in [1.82, 2.24) is 4.90 Å². The third-order valence-corrected chi connectivity index (χ3v) is 6.47. The van der Waals surface area contributed by atoms with Gasteiger partial charge >= 0.3 is 0 Å². The van der Waals surface area contributed by atoms with Gasteiger partial charge in [-0.3, -0.25) is 4.79 Å². The molecule has 0 saturated carbocycles. The largest absolute Gasteiger partial charge is 0.368 e. The van der Waals surface area contributed by atoms with Crippen molar-refractivity contribution in [2.45, 2.75) is 10.6 Å². The standard InChI is InChI=1S/C24H23ClN2OS/c25-20-9-6-10-21(17-20)26-13-15-27(16-14-26)24(28)22-11-4-5-12-23(22)29-18-19-7-2-1-3-8-19/h1-12,17H,13-16,18H2. The van der Waals surface area contributed by atoms with Gasteiger partial charge in [-0.05, 0) is 35.9 Å². The smallest absolute Gasteiger partial charge is 0.255 e. The maximum atomic E-state index is 13.2. The second-order valence-electron chi connectivity index (χ2n) is 7.03. The molecular formula is C24H23ClN2OS. The van der Waals surface area contributed by atoms with Gasteiger partial charge in [0.25, 0.3) is 5.91 Å². The summed E-state index contributed by atoms with van der Waals surface area (Å²) in [6.45, 7) is 3.04. The molecule has 0 aliphatic carbocycles. The highest BCUT2D eigenvalue weighted by Crippen LogP contribution is 2.28. The highest BCUT2D eigenvalue weighted by molar-refractivity contribution is 7.98. The van der Waals surface area contributed by atoms with Gasteiger partial charge in [-0.15, -0.1) is 11.8 Å². The Kier molecular flexibility index (Phi) is 6.43. The van der Waals surface area contributed by atoms with Gasteiger partial charge in [-0.2, -0.15) is 0 Å². The van der Waals surface area contributed by atoms with Crippen LogP contribution in [0.1, 0.15) is 15.9 Å². The van der Waals surface area contributed by atoms with Crippen LogP contribution in [-0.2, 0) is 5.75 Å². The third kappa shape index (κ3) is 4.95. The number of hydrogen-bond acceptors (Lipinski definition) is 3. The number of benzene rings is 3. The van der Waals surface area contributed by atoms with Crippen LogP contribution >= 0.6 is 23.4 Å². The zero-order valence-corrected chi connectivity index (χ0v) is 17.7. The molecule has 5 heteroatoms. The Morgan fingerprint density at radius 3 is 2.34 bits per heavy atom. The monoisotopic (exact) mass is 422 g/mol. The molecule has 29 heavy (non-hydrogen) atoms. The Hall–Kier alpha value is -2.43. The van der Waals surface area contributed by atoms with Crippen molar-refractivity contribution in [3.63, 3.8) is 0 Å². The van der Waals surface area contributed by atoms with Crippen molar-refractivity contribution < 1.29 is 4.79 Å². The molecule has 3 aromatic rings. The van der Waals surface area contributed by atoms with E-state index in [0.29, 0.717) is 13.1 Å². The van der Waals surface area contributed by atoms with Gasteiger partial charge in [-0.25, -0.2) is 0 Å². The minimum absolute atomic E-state index is 0.118. The van der Waals surface area contributed by atoms with E-state index < -0.39 is 0 Å². The molecule has 148 valence electrons. The van der Waals surface area contributed by atoms with Crippen molar-refractivity contribution in [2.75, 3.05) is 31.1 Å². The molecule has 0 bridgehead atoms. The van der Waals surface area contributed by atoms with Crippen LogP contribution in [0.3, 0.4) is 0 Å². The van der Waals surface area contributed by atoms with Gasteiger partial charge in [0.05, 0.1) is 5.56 Å². The van der Waals surface area contributed by atoms with E-state index in [9.17, 15) is 4.79 Å². The molecule has 3 nitrogen and oxygen atoms in total. The number of halogens is 1. The zero-order valence-electron chi connectivity index (χ0n) is 16.1. The predicted molar refractivity (Wildman–Crippen MR) is 122 cm³/mol. The SMILES string of the molecule is O=C(c1ccccc1SCc1ccccc1)N1CCN(c2cccc(Cl)c2)CC1. The lowest BCUT2D eigenvalue weighted by atomic mass is 10.1. The third-order valence-electron chi connectivity index (χ3n) is 5.09. The number of piperazine rings is 1. The topological polar surface area (TPSA) is 23.6 Å². The number of hydrogen-bond donors (Lipinski definition) is 0. The van der Waals surface area contributed by atoms with Gasteiger partial charge in [-0.1, -0.05) is 60.1 Å². The number of nitrogens with zero attached hydrogens (tertiary/aromatic N) is 2. The molecule has 0 atom stereocenters. The highest BCUT2D eigenvalue weighted by atomic mass is 35.5. The minimum Gasteiger partial charge on any atom is -0.368 e. The molecule has 1 heterocycles. The van der Waals surface area contributed by atoms with Crippen LogP contribution < -0.4 is 4.90 Å². The zero-order chi connectivity index (χ0) is 20.1. The highest BCUT2D eigenvalue weighted by Gasteiger charge is 2.24. The van der Waals surface area contributed by atoms with Crippen LogP contribution in [0.4, 0.5) is 5.69 Å². The maximum Gasteiger partial charge on any atom is 0.255 e. The lowest BCUT2D eigenvalue weighted by Crippen LogP contribution is -2.48. The van der Waals surface area contributed by atoms with E-state index in [1.807, 2.05) is 65.6 Å². The second kappa shape index (κ2) is 9.38. The molecule has 0 spiro atoms. The molecule has 1 amide bonds. The summed E-state index contributed by atoms with van der Waals surface area (Å²) < 4.78 is 0. The number of carbonyl (C=O) groups excluding carboxylic acids is 1. The van der Waals surface area contributed by atoms with E-state index >= 15 is 0 Å². The Morgan fingerprint density at radius 2 is 1.59 bits per heavy atom. The molecule has 1 aliphatic heterocycles. The summed E-state index contributed by atoms with van der Waals surface area (Å²) in [4.78, 5) is 18.5. The number of rotatable bonds is 5. The number of amides is 1. The summed E-state index contributed by atoms with van der Waals surface area (Å²) in [7, 11) is 0. The quantitative estimate of drug-likeness (QED) is 0.500. The molecule has 4 rings (SSSR count). The Labute approximate surface area is 181 Å². The molecule has 0 radical (unpaired) electrons. The van der Waals surface area contributed by atoms with Crippen molar-refractivity contribution in [1.29, 1.82) is 0 Å². The molecule has 1 fully saturated rings. The van der Waals surface area contributed by atoms with Gasteiger partial charge in [0, 0.05) is 47.5 Å². The predicted octanol–water partition coefficient (Wildman–Crippen LogP) is 5.59. The lowest BCUT2D eigenvalue weighted by molar-refractivity contribution is 0.0743. The van der Waals surface area contributed by atoms with Crippen LogP contribution in [0.5, 0.6) is 0 Å². The van der Waals surface area contributed by atoms with E-state index in [1.165, 1.54) is 5.56 Å². The molecule has 3 aromatic carbocycles. The van der Waals surface area contributed by atoms with Gasteiger partial charge in [0.1, 0.15) is 0 Å². The van der Waals surface area contributed by atoms with Crippen LogP contribution in [0.15, 0.2) is 83.8 Å². The molecule has 0 unspecified atom stereocenters. The van der Waals surface area contributed by atoms with Crippen molar-refractivity contribution >= 4 is 35.0 Å². The average Bonchev–Trinajstić information content (AvgIpc) is 2.78. The number of carbonyl (C=O) groups is 1. The summed E-state index contributed by atoms with van der Waals surface area (Å²) in [6.07, 6.45) is 0. The van der Waals surface area contributed by atoms with Gasteiger partial charge < -0.3 is 9.80 Å². The fourth-order valence-electron chi connectivity index (χ4n) is 3.52. The van der Waals surface area contributed by atoms with E-state index in [2.05, 4.69) is 23.1 Å². The molecular weight excluding hydrogens is 400 g/mol. The average molecular weight is 423 g/mol. The normalized spacial score (nSPS) is 14.1.